The maximum atomic E-state index is 8.85. The van der Waals surface area contributed by atoms with E-state index in [2.05, 4.69) is 48.7 Å². The lowest BCUT2D eigenvalue weighted by Crippen LogP contribution is -2.26. The van der Waals surface area contributed by atoms with E-state index in [1.807, 2.05) is 6.07 Å². The quantitative estimate of drug-likeness (QED) is 0.440. The summed E-state index contributed by atoms with van der Waals surface area (Å²) in [5, 5.41) is 17.4. The smallest absolute Gasteiger partial charge is 0.162 e. The first-order chi connectivity index (χ1) is 6.74. The summed E-state index contributed by atoms with van der Waals surface area (Å²) in [5.41, 5.74) is 1.27. The molecule has 0 spiro atoms. The summed E-state index contributed by atoms with van der Waals surface area (Å²) in [4.78, 5) is 0. The zero-order valence-corrected chi connectivity index (χ0v) is 12.4. The molecule has 0 amide bonds. The Kier molecular flexibility index (Phi) is 5.29. The molecule has 3 nitrogen and oxygen atoms in total. The molecular weight excluding hydrogens is 396 g/mol. The van der Waals surface area contributed by atoms with Gasteiger partial charge in [0.15, 0.2) is 5.69 Å². The number of rotatable bonds is 3. The fourth-order valence-corrected chi connectivity index (χ4v) is 4.01. The lowest BCUT2D eigenvalue weighted by atomic mass is 10.3. The summed E-state index contributed by atoms with van der Waals surface area (Å²) < 4.78 is 1.59. The van der Waals surface area contributed by atoms with E-state index < -0.39 is 0 Å². The molecular formula is C7H4BrClIN3Si. The molecule has 0 saturated heterocycles. The van der Waals surface area contributed by atoms with Crippen LogP contribution >= 0.6 is 50.1 Å². The minimum atomic E-state index is 0.351. The van der Waals surface area contributed by atoms with Gasteiger partial charge in [-0.15, -0.1) is 21.8 Å². The van der Waals surface area contributed by atoms with Crippen molar-refractivity contribution in [2.45, 2.75) is 5.88 Å². The van der Waals surface area contributed by atoms with Crippen molar-refractivity contribution in [3.05, 3.63) is 15.9 Å². The topological polar surface area (TPSA) is 49.6 Å². The number of halogens is 3. The van der Waals surface area contributed by atoms with Crippen molar-refractivity contribution >= 4 is 64.8 Å². The summed E-state index contributed by atoms with van der Waals surface area (Å²) >= 11 is 11.3. The number of alkyl halides is 2. The standard InChI is InChI=1S/C7H4BrClIN3Si/c8-7-4(1-9)6(14-3-10)5(2-11)12-13-7/h1,3H2. The highest BCUT2D eigenvalue weighted by molar-refractivity contribution is 14.1. The summed E-state index contributed by atoms with van der Waals surface area (Å²) in [7, 11) is 0.542. The molecule has 0 aliphatic carbocycles. The Hall–Kier alpha value is 0.287. The van der Waals surface area contributed by atoms with Gasteiger partial charge >= 0.3 is 0 Å². The normalized spacial score (nSPS) is 9.86. The SMILES string of the molecule is N#Cc1nnc(Br)c(CCl)c1[Si]CI. The second kappa shape index (κ2) is 6.00. The van der Waals surface area contributed by atoms with Gasteiger partial charge in [-0.1, -0.05) is 22.6 Å². The highest BCUT2D eigenvalue weighted by atomic mass is 127. The lowest BCUT2D eigenvalue weighted by Gasteiger charge is -2.06. The maximum absolute atomic E-state index is 8.85. The van der Waals surface area contributed by atoms with Crippen molar-refractivity contribution in [1.82, 2.24) is 10.2 Å². The largest absolute Gasteiger partial charge is 0.191 e. The number of aromatic nitrogens is 2. The van der Waals surface area contributed by atoms with Crippen LogP contribution in [0.25, 0.3) is 0 Å². The highest BCUT2D eigenvalue weighted by Crippen LogP contribution is 2.13. The number of hydrogen-bond donors (Lipinski definition) is 0. The van der Waals surface area contributed by atoms with Crippen LogP contribution in [-0.4, -0.2) is 23.8 Å². The molecule has 1 rings (SSSR count). The second-order valence-electron chi connectivity index (χ2n) is 2.25. The fourth-order valence-electron chi connectivity index (χ4n) is 0.908. The van der Waals surface area contributed by atoms with Crippen molar-refractivity contribution in [3.8, 4) is 6.07 Å². The van der Waals surface area contributed by atoms with E-state index in [9.17, 15) is 0 Å². The molecule has 2 radical (unpaired) electrons. The Bertz CT molecular complexity index is 382. The molecule has 0 saturated carbocycles. The highest BCUT2D eigenvalue weighted by Gasteiger charge is 2.13. The Morgan fingerprint density at radius 1 is 1.57 bits per heavy atom. The molecule has 0 unspecified atom stereocenters. The van der Waals surface area contributed by atoms with Crippen LogP contribution in [0.15, 0.2) is 4.60 Å². The average Bonchev–Trinajstić information content (AvgIpc) is 2.19. The minimum Gasteiger partial charge on any atom is -0.191 e. The van der Waals surface area contributed by atoms with Gasteiger partial charge in [-0.05, 0) is 25.2 Å². The van der Waals surface area contributed by atoms with Gasteiger partial charge in [0.2, 0.25) is 0 Å². The van der Waals surface area contributed by atoms with Gasteiger partial charge in [0, 0.05) is 5.56 Å². The Morgan fingerprint density at radius 2 is 2.29 bits per heavy atom. The maximum Gasteiger partial charge on any atom is 0.162 e. The van der Waals surface area contributed by atoms with Crippen LogP contribution in [0.5, 0.6) is 0 Å². The summed E-state index contributed by atoms with van der Waals surface area (Å²) in [6, 6.07) is 2.03. The van der Waals surface area contributed by atoms with E-state index in [0.717, 1.165) is 14.8 Å². The van der Waals surface area contributed by atoms with E-state index in [1.165, 1.54) is 0 Å². The Labute approximate surface area is 111 Å². The number of nitriles is 1. The fraction of sp³-hybridized carbons (Fsp3) is 0.286. The molecule has 0 bridgehead atoms. The third-order valence-corrected chi connectivity index (χ3v) is 4.58. The lowest BCUT2D eigenvalue weighted by molar-refractivity contribution is 0.975. The van der Waals surface area contributed by atoms with Crippen LogP contribution < -0.4 is 5.19 Å². The summed E-state index contributed by atoms with van der Waals surface area (Å²) in [5.74, 6) is 0.351. The van der Waals surface area contributed by atoms with E-state index in [1.54, 1.807) is 0 Å². The van der Waals surface area contributed by atoms with Crippen molar-refractivity contribution in [3.63, 3.8) is 0 Å². The number of nitrogens with zero attached hydrogens (tertiary/aromatic N) is 3. The predicted octanol–water partition coefficient (Wildman–Crippen LogP) is 1.57. The van der Waals surface area contributed by atoms with Crippen LogP contribution in [0, 0.1) is 11.3 Å². The molecule has 0 N–H and O–H groups in total. The van der Waals surface area contributed by atoms with Gasteiger partial charge in [0.05, 0.1) is 15.4 Å². The van der Waals surface area contributed by atoms with E-state index >= 15 is 0 Å². The van der Waals surface area contributed by atoms with Gasteiger partial charge in [-0.2, -0.15) is 5.26 Å². The molecule has 7 heteroatoms. The average molecular weight is 400 g/mol. The zero-order chi connectivity index (χ0) is 10.6. The van der Waals surface area contributed by atoms with Gasteiger partial charge in [0.25, 0.3) is 0 Å². The third kappa shape index (κ3) is 2.65. The van der Waals surface area contributed by atoms with Crippen LogP contribution in [0.2, 0.25) is 0 Å². The van der Waals surface area contributed by atoms with E-state index in [4.69, 9.17) is 16.9 Å². The predicted molar refractivity (Wildman–Crippen MR) is 68.3 cm³/mol. The van der Waals surface area contributed by atoms with Gasteiger partial charge in [-0.25, -0.2) is 0 Å². The summed E-state index contributed by atoms with van der Waals surface area (Å²) in [6.45, 7) is 0. The molecule has 0 aliphatic heterocycles. The third-order valence-electron chi connectivity index (χ3n) is 1.51. The van der Waals surface area contributed by atoms with Crippen molar-refractivity contribution in [1.29, 1.82) is 5.26 Å². The first kappa shape index (κ1) is 12.4. The van der Waals surface area contributed by atoms with Gasteiger partial charge < -0.3 is 0 Å². The second-order valence-corrected chi connectivity index (χ2v) is 6.68. The molecule has 1 heterocycles. The molecule has 0 atom stereocenters. The molecule has 0 aromatic carbocycles. The first-order valence-corrected chi connectivity index (χ1v) is 7.61. The van der Waals surface area contributed by atoms with Crippen molar-refractivity contribution in [2.75, 3.05) is 4.05 Å². The van der Waals surface area contributed by atoms with E-state index in [-0.39, 0.29) is 0 Å². The van der Waals surface area contributed by atoms with E-state index in [0.29, 0.717) is 25.7 Å². The first-order valence-electron chi connectivity index (χ1n) is 3.55. The molecule has 14 heavy (non-hydrogen) atoms. The Balaban J connectivity index is 3.30. The molecule has 1 aromatic rings. The van der Waals surface area contributed by atoms with Crippen LogP contribution in [0.4, 0.5) is 0 Å². The van der Waals surface area contributed by atoms with Crippen molar-refractivity contribution < 1.29 is 0 Å². The van der Waals surface area contributed by atoms with Crippen LogP contribution in [-0.2, 0) is 5.88 Å². The Morgan fingerprint density at radius 3 is 2.79 bits per heavy atom. The van der Waals surface area contributed by atoms with Crippen LogP contribution in [0.1, 0.15) is 11.3 Å². The summed E-state index contributed by atoms with van der Waals surface area (Å²) in [6.07, 6.45) is 0. The molecule has 72 valence electrons. The molecule has 1 aromatic heterocycles. The molecule has 0 fully saturated rings. The van der Waals surface area contributed by atoms with Gasteiger partial charge in [-0.3, -0.25) is 0 Å². The minimum absolute atomic E-state index is 0.351. The zero-order valence-electron chi connectivity index (χ0n) is 6.89. The number of hydrogen-bond acceptors (Lipinski definition) is 3. The molecule has 0 aliphatic rings. The van der Waals surface area contributed by atoms with Gasteiger partial charge in [0.1, 0.15) is 10.7 Å². The monoisotopic (exact) mass is 399 g/mol. The van der Waals surface area contributed by atoms with Crippen LogP contribution in [0.3, 0.4) is 0 Å². The van der Waals surface area contributed by atoms with Crippen molar-refractivity contribution in [2.24, 2.45) is 0 Å².